The van der Waals surface area contributed by atoms with Gasteiger partial charge in [0, 0.05) is 55.9 Å². The highest BCUT2D eigenvalue weighted by Gasteiger charge is 2.18. The molecule has 4 rings (SSSR count). The van der Waals surface area contributed by atoms with E-state index in [4.69, 9.17) is 5.11 Å². The van der Waals surface area contributed by atoms with Crippen LogP contribution in [0.2, 0.25) is 0 Å². The van der Waals surface area contributed by atoms with E-state index in [9.17, 15) is 4.79 Å². The summed E-state index contributed by atoms with van der Waals surface area (Å²) in [5, 5.41) is 10.4. The molecule has 3 aromatic rings. The summed E-state index contributed by atoms with van der Waals surface area (Å²) < 4.78 is 2.50. The lowest BCUT2D eigenvalue weighted by Gasteiger charge is -2.34. The van der Waals surface area contributed by atoms with E-state index in [2.05, 4.69) is 60.4 Å². The summed E-state index contributed by atoms with van der Waals surface area (Å²) in [6, 6.07) is 14.0. The van der Waals surface area contributed by atoms with Crippen molar-refractivity contribution in [1.29, 1.82) is 0 Å². The highest BCUT2D eigenvalue weighted by atomic mass is 16.4. The second-order valence-corrected chi connectivity index (χ2v) is 9.56. The number of fused-ring (bicyclic) bond motifs is 1. The lowest BCUT2D eigenvalue weighted by Crippen LogP contribution is -2.46. The Bertz CT molecular complexity index is 1090. The molecule has 5 heteroatoms. The van der Waals surface area contributed by atoms with E-state index in [0.29, 0.717) is 11.5 Å². The molecule has 5 nitrogen and oxygen atoms in total. The molecule has 1 N–H and O–H groups in total. The van der Waals surface area contributed by atoms with Crippen molar-refractivity contribution in [3.63, 3.8) is 0 Å². The van der Waals surface area contributed by atoms with Gasteiger partial charge < -0.3 is 19.5 Å². The van der Waals surface area contributed by atoms with Gasteiger partial charge in [-0.25, -0.2) is 4.79 Å². The number of likely N-dealkylation sites (N-methyl/N-ethyl adjacent to an activating group) is 1. The van der Waals surface area contributed by atoms with Gasteiger partial charge in [-0.2, -0.15) is 0 Å². The zero-order valence-corrected chi connectivity index (χ0v) is 19.8. The molecule has 1 unspecified atom stereocenters. The highest BCUT2D eigenvalue weighted by molar-refractivity contribution is 5.87. The Hall–Kier alpha value is -2.63. The monoisotopic (exact) mass is 433 g/mol. The van der Waals surface area contributed by atoms with Crippen LogP contribution in [0.4, 0.5) is 0 Å². The molecule has 0 bridgehead atoms. The van der Waals surface area contributed by atoms with E-state index in [1.54, 1.807) is 12.1 Å². The number of nitrogens with zero attached hydrogens (tertiary/aromatic N) is 3. The van der Waals surface area contributed by atoms with Gasteiger partial charge in [0.25, 0.3) is 0 Å². The van der Waals surface area contributed by atoms with E-state index < -0.39 is 5.97 Å². The van der Waals surface area contributed by atoms with Crippen LogP contribution in [0.15, 0.2) is 42.5 Å². The topological polar surface area (TPSA) is 48.7 Å². The Kier molecular flexibility index (Phi) is 6.68. The zero-order valence-electron chi connectivity index (χ0n) is 19.8. The van der Waals surface area contributed by atoms with Crippen LogP contribution in [0.5, 0.6) is 0 Å². The van der Waals surface area contributed by atoms with Crippen LogP contribution < -0.4 is 0 Å². The fourth-order valence-corrected chi connectivity index (χ4v) is 4.88. The van der Waals surface area contributed by atoms with Crippen molar-refractivity contribution in [1.82, 2.24) is 14.4 Å². The summed E-state index contributed by atoms with van der Waals surface area (Å²) in [4.78, 5) is 16.1. The van der Waals surface area contributed by atoms with Crippen molar-refractivity contribution in [2.75, 3.05) is 39.8 Å². The minimum absolute atomic E-state index is 0.332. The second kappa shape index (κ2) is 9.47. The van der Waals surface area contributed by atoms with Gasteiger partial charge in [0.1, 0.15) is 0 Å². The van der Waals surface area contributed by atoms with Gasteiger partial charge in [-0.3, -0.25) is 0 Å². The Labute approximate surface area is 191 Å². The van der Waals surface area contributed by atoms with Crippen molar-refractivity contribution in [3.05, 3.63) is 70.4 Å². The number of aromatic carboxylic acids is 1. The van der Waals surface area contributed by atoms with Gasteiger partial charge in [-0.15, -0.1) is 0 Å². The first-order chi connectivity index (χ1) is 15.3. The first kappa shape index (κ1) is 22.6. The largest absolute Gasteiger partial charge is 0.478 e. The van der Waals surface area contributed by atoms with Gasteiger partial charge in [0.2, 0.25) is 0 Å². The van der Waals surface area contributed by atoms with Crippen molar-refractivity contribution < 1.29 is 9.90 Å². The van der Waals surface area contributed by atoms with E-state index in [-0.39, 0.29) is 0 Å². The molecule has 1 atom stereocenters. The maximum Gasteiger partial charge on any atom is 0.335 e. The Morgan fingerprint density at radius 3 is 2.28 bits per heavy atom. The van der Waals surface area contributed by atoms with Crippen LogP contribution in [-0.2, 0) is 13.0 Å². The molecule has 1 saturated heterocycles. The third-order valence-electron chi connectivity index (χ3n) is 6.97. The average Bonchev–Trinajstić information content (AvgIpc) is 3.00. The van der Waals surface area contributed by atoms with Crippen LogP contribution in [0.25, 0.3) is 10.9 Å². The smallest absolute Gasteiger partial charge is 0.335 e. The van der Waals surface area contributed by atoms with E-state index >= 15 is 0 Å². The molecule has 1 aromatic heterocycles. The number of carboxylic acids is 1. The molecule has 2 aromatic carbocycles. The van der Waals surface area contributed by atoms with Gasteiger partial charge in [0.05, 0.1) is 5.56 Å². The van der Waals surface area contributed by atoms with Gasteiger partial charge in [0.15, 0.2) is 0 Å². The molecule has 1 fully saturated rings. The number of hydrogen-bond donors (Lipinski definition) is 1. The summed E-state index contributed by atoms with van der Waals surface area (Å²) in [5.41, 5.74) is 6.74. The lowest BCUT2D eigenvalue weighted by atomic mass is 10.0. The molecular weight excluding hydrogens is 398 g/mol. The molecule has 0 amide bonds. The van der Waals surface area contributed by atoms with Crippen LogP contribution in [0.3, 0.4) is 0 Å². The number of aryl methyl sites for hydroxylation is 1. The Morgan fingerprint density at radius 1 is 0.969 bits per heavy atom. The van der Waals surface area contributed by atoms with Gasteiger partial charge >= 0.3 is 5.97 Å². The molecule has 0 saturated carbocycles. The van der Waals surface area contributed by atoms with E-state index in [1.165, 1.54) is 53.9 Å². The van der Waals surface area contributed by atoms with Gasteiger partial charge in [-0.05, 0) is 74.2 Å². The predicted molar refractivity (Wildman–Crippen MR) is 131 cm³/mol. The number of benzene rings is 2. The summed E-state index contributed by atoms with van der Waals surface area (Å²) in [7, 11) is 2.21. The van der Waals surface area contributed by atoms with Crippen molar-refractivity contribution in [2.45, 2.75) is 33.7 Å². The summed E-state index contributed by atoms with van der Waals surface area (Å²) >= 11 is 0. The van der Waals surface area contributed by atoms with Crippen LogP contribution >= 0.6 is 0 Å². The molecule has 1 aliphatic rings. The maximum atomic E-state index is 11.1. The molecule has 32 heavy (non-hydrogen) atoms. The minimum atomic E-state index is -0.882. The maximum absolute atomic E-state index is 11.1. The SMILES string of the molecule is Cc1c(C)n(CC(C)CN2CCN(C)CC2)c2ccc(Cc3ccc(C(=O)O)cc3)cc12. The number of rotatable bonds is 7. The number of hydrogen-bond acceptors (Lipinski definition) is 3. The molecule has 0 spiro atoms. The molecule has 2 heterocycles. The number of carboxylic acid groups (broad SMARTS) is 1. The minimum Gasteiger partial charge on any atom is -0.478 e. The van der Waals surface area contributed by atoms with E-state index in [1.807, 2.05) is 12.1 Å². The van der Waals surface area contributed by atoms with Crippen molar-refractivity contribution in [3.8, 4) is 0 Å². The van der Waals surface area contributed by atoms with Gasteiger partial charge in [-0.1, -0.05) is 25.1 Å². The fourth-order valence-electron chi connectivity index (χ4n) is 4.88. The standard InChI is InChI=1S/C27H35N3O2/c1-19(17-29-13-11-28(4)12-14-29)18-30-21(3)20(2)25-16-23(7-10-26(25)30)15-22-5-8-24(9-6-22)27(31)32/h5-10,16,19H,11-15,17-18H2,1-4H3,(H,31,32). The Morgan fingerprint density at radius 2 is 1.62 bits per heavy atom. The molecule has 1 aliphatic heterocycles. The summed E-state index contributed by atoms with van der Waals surface area (Å²) in [6.07, 6.45) is 0.805. The number of aromatic nitrogens is 1. The van der Waals surface area contributed by atoms with Crippen LogP contribution in [0, 0.1) is 19.8 Å². The lowest BCUT2D eigenvalue weighted by molar-refractivity contribution is 0.0697. The highest BCUT2D eigenvalue weighted by Crippen LogP contribution is 2.28. The Balaban J connectivity index is 1.50. The number of carbonyl (C=O) groups is 1. The normalized spacial score (nSPS) is 16.5. The first-order valence-electron chi connectivity index (χ1n) is 11.6. The average molecular weight is 434 g/mol. The molecule has 0 radical (unpaired) electrons. The zero-order chi connectivity index (χ0) is 22.8. The second-order valence-electron chi connectivity index (χ2n) is 9.56. The van der Waals surface area contributed by atoms with Crippen molar-refractivity contribution in [2.24, 2.45) is 5.92 Å². The fraction of sp³-hybridized carbons (Fsp3) is 0.444. The number of piperazine rings is 1. The predicted octanol–water partition coefficient (Wildman–Crippen LogP) is 4.43. The molecular formula is C27H35N3O2. The third-order valence-corrected chi connectivity index (χ3v) is 6.97. The summed E-state index contributed by atoms with van der Waals surface area (Å²) in [5.74, 6) is -0.285. The van der Waals surface area contributed by atoms with Crippen molar-refractivity contribution >= 4 is 16.9 Å². The quantitative estimate of drug-likeness (QED) is 0.599. The third kappa shape index (κ3) is 4.89. The summed E-state index contributed by atoms with van der Waals surface area (Å²) in [6.45, 7) is 13.7. The van der Waals surface area contributed by atoms with E-state index in [0.717, 1.165) is 25.1 Å². The molecule has 170 valence electrons. The molecule has 0 aliphatic carbocycles. The van der Waals surface area contributed by atoms with Crippen LogP contribution in [-0.4, -0.2) is 65.2 Å². The first-order valence-corrected chi connectivity index (χ1v) is 11.6. The van der Waals surface area contributed by atoms with Crippen LogP contribution in [0.1, 0.15) is 39.7 Å².